The third-order valence-electron chi connectivity index (χ3n) is 4.57. The highest BCUT2D eigenvalue weighted by molar-refractivity contribution is 7.88. The molecule has 0 radical (unpaired) electrons. The predicted molar refractivity (Wildman–Crippen MR) is 88.9 cm³/mol. The third-order valence-corrected chi connectivity index (χ3v) is 6.28. The zero-order valence-electron chi connectivity index (χ0n) is 13.2. The Hall–Kier alpha value is -0.960. The molecule has 8 heteroatoms. The van der Waals surface area contributed by atoms with Crippen LogP contribution in [0, 0.1) is 0 Å². The number of likely N-dealkylation sites (tertiary alicyclic amines) is 1. The van der Waals surface area contributed by atoms with Crippen molar-refractivity contribution in [2.75, 3.05) is 32.5 Å². The molecule has 1 spiro atoms. The minimum absolute atomic E-state index is 0.00245. The van der Waals surface area contributed by atoms with E-state index in [0.717, 1.165) is 32.1 Å². The molecule has 3 rings (SSSR count). The molecule has 3 heterocycles. The first-order valence-electron chi connectivity index (χ1n) is 7.83. The van der Waals surface area contributed by atoms with Crippen molar-refractivity contribution < 1.29 is 17.9 Å². The first-order chi connectivity index (χ1) is 10.9. The Balaban J connectivity index is 1.56. The summed E-state index contributed by atoms with van der Waals surface area (Å²) in [7, 11) is -3.24. The fourth-order valence-electron chi connectivity index (χ4n) is 3.39. The van der Waals surface area contributed by atoms with Gasteiger partial charge in [-0.15, -0.1) is 11.3 Å². The van der Waals surface area contributed by atoms with Crippen LogP contribution in [0.2, 0.25) is 0 Å². The van der Waals surface area contributed by atoms with Gasteiger partial charge in [-0.3, -0.25) is 4.79 Å². The van der Waals surface area contributed by atoms with Crippen LogP contribution in [0.1, 0.15) is 29.7 Å². The summed E-state index contributed by atoms with van der Waals surface area (Å²) in [5.41, 5.74) is 1.08. The third kappa shape index (κ3) is 3.76. The number of nitrogens with zero attached hydrogens (tertiary/aromatic N) is 1. The van der Waals surface area contributed by atoms with E-state index in [1.165, 1.54) is 10.4 Å². The van der Waals surface area contributed by atoms with Gasteiger partial charge in [0.1, 0.15) is 0 Å². The number of carbonyl (C=O) groups excluding carboxylic acids is 1. The van der Waals surface area contributed by atoms with E-state index in [4.69, 9.17) is 4.74 Å². The van der Waals surface area contributed by atoms with Crippen LogP contribution in [0.4, 0.5) is 0 Å². The summed E-state index contributed by atoms with van der Waals surface area (Å²) >= 11 is 1.79. The molecular weight excluding hydrogens is 336 g/mol. The van der Waals surface area contributed by atoms with E-state index >= 15 is 0 Å². The molecule has 2 aliphatic heterocycles. The molecule has 6 nitrogen and oxygen atoms in total. The fourth-order valence-corrected chi connectivity index (χ4v) is 4.81. The predicted octanol–water partition coefficient (Wildman–Crippen LogP) is 1.08. The van der Waals surface area contributed by atoms with Crippen molar-refractivity contribution >= 4 is 27.3 Å². The number of amides is 1. The van der Waals surface area contributed by atoms with E-state index in [-0.39, 0.29) is 24.5 Å². The maximum absolute atomic E-state index is 12.2. The van der Waals surface area contributed by atoms with E-state index in [1.807, 2.05) is 4.90 Å². The number of hydrogen-bond acceptors (Lipinski definition) is 5. The molecule has 128 valence electrons. The van der Waals surface area contributed by atoms with Gasteiger partial charge in [0.05, 0.1) is 18.5 Å². The lowest BCUT2D eigenvalue weighted by Crippen LogP contribution is -2.48. The van der Waals surface area contributed by atoms with Crippen molar-refractivity contribution in [3.8, 4) is 0 Å². The lowest BCUT2D eigenvalue weighted by Gasteiger charge is -2.44. The lowest BCUT2D eigenvalue weighted by atomic mass is 9.82. The maximum Gasteiger partial charge on any atom is 0.223 e. The summed E-state index contributed by atoms with van der Waals surface area (Å²) in [6, 6.07) is 2.16. The van der Waals surface area contributed by atoms with E-state index in [9.17, 15) is 13.2 Å². The lowest BCUT2D eigenvalue weighted by molar-refractivity contribution is -0.140. The summed E-state index contributed by atoms with van der Waals surface area (Å²) < 4.78 is 30.5. The molecule has 0 saturated carbocycles. The largest absolute Gasteiger partial charge is 0.370 e. The Bertz CT molecular complexity index is 675. The second kappa shape index (κ2) is 6.51. The summed E-state index contributed by atoms with van der Waals surface area (Å²) in [5, 5.41) is 2.12. The van der Waals surface area contributed by atoms with Gasteiger partial charge in [-0.2, -0.15) is 0 Å². The molecule has 23 heavy (non-hydrogen) atoms. The Labute approximate surface area is 140 Å². The van der Waals surface area contributed by atoms with Gasteiger partial charge in [0.25, 0.3) is 0 Å². The van der Waals surface area contributed by atoms with Gasteiger partial charge in [-0.1, -0.05) is 0 Å². The molecule has 0 aliphatic carbocycles. The van der Waals surface area contributed by atoms with Crippen LogP contribution >= 0.6 is 11.3 Å². The van der Waals surface area contributed by atoms with E-state index in [2.05, 4.69) is 16.2 Å². The van der Waals surface area contributed by atoms with Gasteiger partial charge in [-0.05, 0) is 29.9 Å². The van der Waals surface area contributed by atoms with Gasteiger partial charge in [0, 0.05) is 37.4 Å². The number of rotatable bonds is 4. The number of piperidine rings is 1. The number of carbonyl (C=O) groups is 1. The Kier molecular flexibility index (Phi) is 4.78. The molecule has 1 aromatic rings. The molecule has 0 bridgehead atoms. The number of fused-ring (bicyclic) bond motifs is 2. The maximum atomic E-state index is 12.2. The van der Waals surface area contributed by atoms with Gasteiger partial charge in [0.15, 0.2) is 0 Å². The fraction of sp³-hybridized carbons (Fsp3) is 0.667. The van der Waals surface area contributed by atoms with Crippen molar-refractivity contribution in [1.82, 2.24) is 9.62 Å². The standard InChI is InChI=1S/C15H22N2O4S2/c1-23(19,20)16-7-2-14(18)17-8-5-15(6-9-17)12-4-11-22-13(12)3-10-21-15/h4,11,16H,2-3,5-10H2,1H3. The van der Waals surface area contributed by atoms with Crippen LogP contribution in [-0.2, 0) is 31.6 Å². The molecule has 1 aromatic heterocycles. The van der Waals surface area contributed by atoms with E-state index < -0.39 is 10.0 Å². The highest BCUT2D eigenvalue weighted by Gasteiger charge is 2.42. The summed E-state index contributed by atoms with van der Waals surface area (Å²) in [4.78, 5) is 15.4. The van der Waals surface area contributed by atoms with Crippen LogP contribution in [-0.4, -0.2) is 51.7 Å². The van der Waals surface area contributed by atoms with Crippen LogP contribution < -0.4 is 4.72 Å². The number of nitrogens with one attached hydrogen (secondary N) is 1. The smallest absolute Gasteiger partial charge is 0.223 e. The first kappa shape index (κ1) is 16.9. The van der Waals surface area contributed by atoms with Crippen LogP contribution in [0.5, 0.6) is 0 Å². The minimum Gasteiger partial charge on any atom is -0.370 e. The minimum atomic E-state index is -3.24. The summed E-state index contributed by atoms with van der Waals surface area (Å²) in [5.74, 6) is -0.00245. The van der Waals surface area contributed by atoms with Gasteiger partial charge >= 0.3 is 0 Å². The highest BCUT2D eigenvalue weighted by atomic mass is 32.2. The second-order valence-corrected chi connectivity index (χ2v) is 8.98. The SMILES string of the molecule is CS(=O)(=O)NCCC(=O)N1CCC2(CC1)OCCc1sccc12. The van der Waals surface area contributed by atoms with Crippen molar-refractivity contribution in [3.05, 3.63) is 21.9 Å². The average molecular weight is 358 g/mol. The van der Waals surface area contributed by atoms with E-state index in [0.29, 0.717) is 13.1 Å². The van der Waals surface area contributed by atoms with Gasteiger partial charge in [0.2, 0.25) is 15.9 Å². The monoisotopic (exact) mass is 358 g/mol. The number of ether oxygens (including phenoxy) is 1. The van der Waals surface area contributed by atoms with E-state index in [1.54, 1.807) is 11.3 Å². The number of sulfonamides is 1. The number of thiophene rings is 1. The molecule has 0 atom stereocenters. The molecule has 1 amide bonds. The van der Waals surface area contributed by atoms with Crippen molar-refractivity contribution in [2.45, 2.75) is 31.3 Å². The molecule has 0 unspecified atom stereocenters. The normalized spacial score (nSPS) is 20.5. The average Bonchev–Trinajstić information content (AvgIpc) is 2.97. The molecule has 2 aliphatic rings. The molecule has 1 N–H and O–H groups in total. The second-order valence-electron chi connectivity index (χ2n) is 6.15. The van der Waals surface area contributed by atoms with Gasteiger partial charge in [-0.25, -0.2) is 13.1 Å². The van der Waals surface area contributed by atoms with Crippen molar-refractivity contribution in [2.24, 2.45) is 0 Å². The zero-order valence-corrected chi connectivity index (χ0v) is 14.8. The van der Waals surface area contributed by atoms with Gasteiger partial charge < -0.3 is 9.64 Å². The van der Waals surface area contributed by atoms with Crippen molar-refractivity contribution in [1.29, 1.82) is 0 Å². The Morgan fingerprint density at radius 2 is 2.17 bits per heavy atom. The van der Waals surface area contributed by atoms with Crippen LogP contribution in [0.3, 0.4) is 0 Å². The topological polar surface area (TPSA) is 75.7 Å². The Morgan fingerprint density at radius 3 is 2.87 bits per heavy atom. The van der Waals surface area contributed by atoms with Crippen LogP contribution in [0.25, 0.3) is 0 Å². The first-order valence-corrected chi connectivity index (χ1v) is 10.6. The highest BCUT2D eigenvalue weighted by Crippen LogP contribution is 2.43. The summed E-state index contributed by atoms with van der Waals surface area (Å²) in [6.07, 6.45) is 3.89. The zero-order chi connectivity index (χ0) is 16.5. The van der Waals surface area contributed by atoms with Crippen LogP contribution in [0.15, 0.2) is 11.4 Å². The quantitative estimate of drug-likeness (QED) is 0.874. The molecular formula is C15H22N2O4S2. The Morgan fingerprint density at radius 1 is 1.43 bits per heavy atom. The molecule has 1 saturated heterocycles. The molecule has 1 fully saturated rings. The summed E-state index contributed by atoms with van der Waals surface area (Å²) in [6.45, 7) is 2.23. The number of hydrogen-bond donors (Lipinski definition) is 1. The van der Waals surface area contributed by atoms with Crippen molar-refractivity contribution in [3.63, 3.8) is 0 Å². The molecule has 0 aromatic carbocycles.